The molecule has 1 aromatic heterocycles. The Morgan fingerprint density at radius 3 is 2.55 bits per heavy atom. The summed E-state index contributed by atoms with van der Waals surface area (Å²) in [5, 5.41) is 2.69. The summed E-state index contributed by atoms with van der Waals surface area (Å²) >= 11 is 0. The first-order valence-electron chi connectivity index (χ1n) is 6.95. The van der Waals surface area contributed by atoms with Crippen LogP contribution in [0.4, 0.5) is 0 Å². The van der Waals surface area contributed by atoms with Crippen LogP contribution >= 0.6 is 0 Å². The van der Waals surface area contributed by atoms with Crippen LogP contribution in [-0.2, 0) is 4.74 Å². The Bertz CT molecular complexity index is 685. The van der Waals surface area contributed by atoms with Crippen molar-refractivity contribution in [3.8, 4) is 0 Å². The van der Waals surface area contributed by atoms with Gasteiger partial charge in [-0.15, -0.1) is 0 Å². The fourth-order valence-electron chi connectivity index (χ4n) is 2.88. The minimum atomic E-state index is -0.00519. The van der Waals surface area contributed by atoms with E-state index in [4.69, 9.17) is 4.74 Å². The number of aromatic nitrogens is 2. The molecule has 2 atom stereocenters. The van der Waals surface area contributed by atoms with Crippen molar-refractivity contribution in [2.45, 2.75) is 33.0 Å². The van der Waals surface area contributed by atoms with Crippen LogP contribution in [0.3, 0.4) is 0 Å². The first kappa shape index (κ1) is 13.1. The van der Waals surface area contributed by atoms with Crippen molar-refractivity contribution in [2.24, 2.45) is 0 Å². The molecule has 0 amide bonds. The van der Waals surface area contributed by atoms with E-state index >= 15 is 0 Å². The van der Waals surface area contributed by atoms with Crippen LogP contribution in [0.25, 0.3) is 10.9 Å². The normalized spacial score (nSPS) is 23.2. The van der Waals surface area contributed by atoms with Gasteiger partial charge in [-0.2, -0.15) is 0 Å². The molecule has 2 heterocycles. The van der Waals surface area contributed by atoms with E-state index in [9.17, 15) is 4.79 Å². The van der Waals surface area contributed by atoms with Crippen molar-refractivity contribution < 1.29 is 4.74 Å². The molecule has 0 unspecified atom stereocenters. The number of para-hydroxylation sites is 1. The maximum absolute atomic E-state index is 12.7. The number of fused-ring (bicyclic) bond motifs is 1. The number of morpholine rings is 1. The van der Waals surface area contributed by atoms with Gasteiger partial charge in [0.15, 0.2) is 0 Å². The van der Waals surface area contributed by atoms with E-state index in [0.29, 0.717) is 18.5 Å². The molecule has 106 valence electrons. The van der Waals surface area contributed by atoms with Crippen LogP contribution in [0.15, 0.2) is 29.1 Å². The minimum Gasteiger partial charge on any atom is -0.372 e. The smallest absolute Gasteiger partial charge is 0.280 e. The predicted octanol–water partition coefficient (Wildman–Crippen LogP) is 1.45. The molecule has 1 saturated heterocycles. The SMILES string of the molecule is Cc1nc2ccccc2c(=O)n1N1C[C@@H](C)O[C@@H](C)C1. The van der Waals surface area contributed by atoms with Gasteiger partial charge in [-0.25, -0.2) is 9.66 Å². The van der Waals surface area contributed by atoms with Crippen molar-refractivity contribution in [3.05, 3.63) is 40.4 Å². The van der Waals surface area contributed by atoms with Crippen molar-refractivity contribution in [1.29, 1.82) is 0 Å². The van der Waals surface area contributed by atoms with Gasteiger partial charge in [0, 0.05) is 0 Å². The molecule has 5 nitrogen and oxygen atoms in total. The van der Waals surface area contributed by atoms with Gasteiger partial charge in [-0.3, -0.25) is 4.79 Å². The van der Waals surface area contributed by atoms with Gasteiger partial charge in [0.25, 0.3) is 5.56 Å². The lowest BCUT2D eigenvalue weighted by atomic mass is 10.2. The number of rotatable bonds is 1. The average Bonchev–Trinajstić information content (AvgIpc) is 2.37. The highest BCUT2D eigenvalue weighted by Crippen LogP contribution is 2.12. The zero-order valence-electron chi connectivity index (χ0n) is 12.0. The lowest BCUT2D eigenvalue weighted by molar-refractivity contribution is -0.0139. The third kappa shape index (κ3) is 2.18. The maximum Gasteiger partial charge on any atom is 0.280 e. The molecule has 2 aromatic rings. The predicted molar refractivity (Wildman–Crippen MR) is 78.7 cm³/mol. The molecule has 0 radical (unpaired) electrons. The second-order valence-electron chi connectivity index (χ2n) is 5.42. The van der Waals surface area contributed by atoms with Crippen LogP contribution in [0.5, 0.6) is 0 Å². The molecule has 1 aliphatic heterocycles. The van der Waals surface area contributed by atoms with Crippen LogP contribution in [0, 0.1) is 6.92 Å². The van der Waals surface area contributed by atoms with Gasteiger partial charge in [0.1, 0.15) is 5.82 Å². The Labute approximate surface area is 117 Å². The van der Waals surface area contributed by atoms with Gasteiger partial charge in [0.05, 0.1) is 36.2 Å². The van der Waals surface area contributed by atoms with E-state index in [-0.39, 0.29) is 17.8 Å². The molecule has 1 aliphatic rings. The molecule has 20 heavy (non-hydrogen) atoms. The molecule has 0 spiro atoms. The molecular weight excluding hydrogens is 254 g/mol. The van der Waals surface area contributed by atoms with Crippen LogP contribution in [-0.4, -0.2) is 35.0 Å². The molecular formula is C15H19N3O2. The number of aryl methyl sites for hydroxylation is 1. The summed E-state index contributed by atoms with van der Waals surface area (Å²) in [5.74, 6) is 0.718. The van der Waals surface area contributed by atoms with Gasteiger partial charge in [-0.1, -0.05) is 12.1 Å². The number of hydrogen-bond acceptors (Lipinski definition) is 4. The summed E-state index contributed by atoms with van der Waals surface area (Å²) in [4.78, 5) is 17.2. The fraction of sp³-hybridized carbons (Fsp3) is 0.467. The average molecular weight is 273 g/mol. The second-order valence-corrected chi connectivity index (χ2v) is 5.42. The number of ether oxygens (including phenoxy) is 1. The zero-order valence-corrected chi connectivity index (χ0v) is 12.0. The molecule has 5 heteroatoms. The minimum absolute atomic E-state index is 0.00519. The van der Waals surface area contributed by atoms with Crippen molar-refractivity contribution in [1.82, 2.24) is 9.66 Å². The number of hydrogen-bond donors (Lipinski definition) is 0. The quantitative estimate of drug-likeness (QED) is 0.789. The molecule has 0 bridgehead atoms. The summed E-state index contributed by atoms with van der Waals surface area (Å²) in [7, 11) is 0. The Morgan fingerprint density at radius 1 is 1.20 bits per heavy atom. The third-order valence-corrected chi connectivity index (χ3v) is 3.60. The van der Waals surface area contributed by atoms with Crippen LogP contribution in [0.1, 0.15) is 19.7 Å². The lowest BCUT2D eigenvalue weighted by Gasteiger charge is -2.37. The van der Waals surface area contributed by atoms with E-state index in [0.717, 1.165) is 11.3 Å². The lowest BCUT2D eigenvalue weighted by Crippen LogP contribution is -2.55. The highest BCUT2D eigenvalue weighted by atomic mass is 16.5. The fourth-order valence-corrected chi connectivity index (χ4v) is 2.88. The van der Waals surface area contributed by atoms with Crippen molar-refractivity contribution >= 4 is 10.9 Å². The number of nitrogens with zero attached hydrogens (tertiary/aromatic N) is 3. The van der Waals surface area contributed by atoms with Crippen LogP contribution in [0.2, 0.25) is 0 Å². The summed E-state index contributed by atoms with van der Waals surface area (Å²) in [6, 6.07) is 7.47. The maximum atomic E-state index is 12.7. The topological polar surface area (TPSA) is 47.4 Å². The Balaban J connectivity index is 2.13. The van der Waals surface area contributed by atoms with Crippen molar-refractivity contribution in [3.63, 3.8) is 0 Å². The molecule has 0 saturated carbocycles. The third-order valence-electron chi connectivity index (χ3n) is 3.60. The molecule has 1 fully saturated rings. The second kappa shape index (κ2) is 4.90. The summed E-state index contributed by atoms with van der Waals surface area (Å²) < 4.78 is 7.42. The van der Waals surface area contributed by atoms with Crippen LogP contribution < -0.4 is 10.6 Å². The molecule has 3 rings (SSSR count). The largest absolute Gasteiger partial charge is 0.372 e. The molecule has 1 aromatic carbocycles. The van der Waals surface area contributed by atoms with Crippen molar-refractivity contribution in [2.75, 3.05) is 18.1 Å². The van der Waals surface area contributed by atoms with E-state index in [1.54, 1.807) is 4.68 Å². The highest BCUT2D eigenvalue weighted by Gasteiger charge is 2.24. The van der Waals surface area contributed by atoms with Gasteiger partial charge in [0.2, 0.25) is 0 Å². The van der Waals surface area contributed by atoms with Gasteiger partial charge in [-0.05, 0) is 32.9 Å². The Morgan fingerprint density at radius 2 is 1.85 bits per heavy atom. The first-order chi connectivity index (χ1) is 9.56. The van der Waals surface area contributed by atoms with E-state index in [1.165, 1.54) is 0 Å². The Kier molecular flexibility index (Phi) is 3.22. The van der Waals surface area contributed by atoms with E-state index in [1.807, 2.05) is 50.0 Å². The van der Waals surface area contributed by atoms with Gasteiger partial charge >= 0.3 is 0 Å². The zero-order chi connectivity index (χ0) is 14.3. The molecule has 0 aliphatic carbocycles. The standard InChI is InChI=1S/C15H19N3O2/c1-10-8-17(9-11(2)20-10)18-12(3)16-14-7-5-4-6-13(14)15(18)19/h4-7,10-11H,8-9H2,1-3H3/t10-,11+. The van der Waals surface area contributed by atoms with E-state index < -0.39 is 0 Å². The summed E-state index contributed by atoms with van der Waals surface area (Å²) in [6.45, 7) is 7.32. The highest BCUT2D eigenvalue weighted by molar-refractivity contribution is 5.77. The summed E-state index contributed by atoms with van der Waals surface area (Å²) in [5.41, 5.74) is 0.745. The summed E-state index contributed by atoms with van der Waals surface area (Å²) in [6.07, 6.45) is 0.216. The first-order valence-corrected chi connectivity index (χ1v) is 6.95. The molecule has 0 N–H and O–H groups in total. The van der Waals surface area contributed by atoms with Gasteiger partial charge < -0.3 is 9.75 Å². The van der Waals surface area contributed by atoms with E-state index in [2.05, 4.69) is 4.98 Å². The Hall–Kier alpha value is -1.88. The number of benzene rings is 1. The monoisotopic (exact) mass is 273 g/mol.